The van der Waals surface area contributed by atoms with E-state index in [0.717, 1.165) is 17.8 Å². The monoisotopic (exact) mass is 508 g/mol. The maximum atomic E-state index is 13.3. The van der Waals surface area contributed by atoms with Crippen LogP contribution in [0.5, 0.6) is 0 Å². The number of aliphatic hydroxyl groups is 1. The molecule has 4 heterocycles. The molecule has 1 saturated carbocycles. The van der Waals surface area contributed by atoms with E-state index in [4.69, 9.17) is 0 Å². The molecule has 3 aromatic heterocycles. The van der Waals surface area contributed by atoms with Gasteiger partial charge in [0.1, 0.15) is 0 Å². The molecule has 1 amide bonds. The number of alkyl halides is 2. The summed E-state index contributed by atoms with van der Waals surface area (Å²) in [6.07, 6.45) is 3.41. The SMILES string of the molecule is Cc1ccc(-c2nnn(C3CC(F)(F)C3)n2)cc1NC(=O)c1cnn2ccc(N3CC[C@](C)(O)C3)cc12. The van der Waals surface area contributed by atoms with Crippen molar-refractivity contribution >= 4 is 22.8 Å². The number of amides is 1. The van der Waals surface area contributed by atoms with Gasteiger partial charge in [0.05, 0.1) is 28.9 Å². The number of aryl methyl sites for hydroxylation is 1. The Morgan fingerprint density at radius 2 is 2.03 bits per heavy atom. The van der Waals surface area contributed by atoms with Crippen molar-refractivity contribution in [2.75, 3.05) is 23.3 Å². The Kier molecular flexibility index (Phi) is 5.26. The van der Waals surface area contributed by atoms with Crippen LogP contribution < -0.4 is 10.2 Å². The van der Waals surface area contributed by atoms with Gasteiger partial charge in [-0.25, -0.2) is 13.3 Å². The first kappa shape index (κ1) is 23.5. The lowest BCUT2D eigenvalue weighted by atomic mass is 9.89. The van der Waals surface area contributed by atoms with E-state index in [1.807, 2.05) is 32.0 Å². The van der Waals surface area contributed by atoms with E-state index in [9.17, 15) is 18.7 Å². The Balaban J connectivity index is 1.23. The third-order valence-corrected chi connectivity index (χ3v) is 7.13. The van der Waals surface area contributed by atoms with Crippen LogP contribution in [0.3, 0.4) is 0 Å². The molecule has 0 spiro atoms. The summed E-state index contributed by atoms with van der Waals surface area (Å²) in [4.78, 5) is 16.6. The molecule has 12 heteroatoms. The molecule has 6 rings (SSSR count). The Morgan fingerprint density at radius 1 is 1.22 bits per heavy atom. The zero-order chi connectivity index (χ0) is 25.9. The summed E-state index contributed by atoms with van der Waals surface area (Å²) in [6.45, 7) is 4.94. The molecule has 10 nitrogen and oxygen atoms in total. The first-order valence-electron chi connectivity index (χ1n) is 12.1. The number of aromatic nitrogens is 6. The average Bonchev–Trinajstić information content (AvgIpc) is 3.56. The quantitative estimate of drug-likeness (QED) is 0.424. The number of carbonyl (C=O) groups excluding carboxylic acids is 1. The van der Waals surface area contributed by atoms with Crippen LogP contribution in [-0.2, 0) is 0 Å². The van der Waals surface area contributed by atoms with Crippen LogP contribution in [-0.4, -0.2) is 65.4 Å². The number of hydrogen-bond donors (Lipinski definition) is 2. The molecule has 1 atom stereocenters. The second kappa shape index (κ2) is 8.30. The highest BCUT2D eigenvalue weighted by atomic mass is 19.3. The topological polar surface area (TPSA) is 113 Å². The van der Waals surface area contributed by atoms with Crippen molar-refractivity contribution in [3.05, 3.63) is 53.9 Å². The fourth-order valence-electron chi connectivity index (χ4n) is 4.88. The molecule has 4 aromatic rings. The van der Waals surface area contributed by atoms with Crippen LogP contribution >= 0.6 is 0 Å². The summed E-state index contributed by atoms with van der Waals surface area (Å²) in [7, 11) is 0. The number of fused-ring (bicyclic) bond motifs is 1. The van der Waals surface area contributed by atoms with Crippen molar-refractivity contribution in [1.82, 2.24) is 29.8 Å². The third kappa shape index (κ3) is 4.41. The molecule has 1 aliphatic heterocycles. The van der Waals surface area contributed by atoms with E-state index in [1.165, 1.54) is 11.0 Å². The van der Waals surface area contributed by atoms with Gasteiger partial charge in [0.25, 0.3) is 11.8 Å². The molecule has 37 heavy (non-hydrogen) atoms. The molecular weight excluding hydrogens is 482 g/mol. The fraction of sp³-hybridized carbons (Fsp3) is 0.400. The number of rotatable bonds is 5. The predicted molar refractivity (Wildman–Crippen MR) is 132 cm³/mol. The number of nitrogens with one attached hydrogen (secondary N) is 1. The normalized spacial score (nSPS) is 21.4. The van der Waals surface area contributed by atoms with Gasteiger partial charge in [-0.2, -0.15) is 9.90 Å². The van der Waals surface area contributed by atoms with Crippen LogP contribution in [0.2, 0.25) is 0 Å². The van der Waals surface area contributed by atoms with Gasteiger partial charge < -0.3 is 15.3 Å². The van der Waals surface area contributed by atoms with Crippen LogP contribution in [0.25, 0.3) is 16.9 Å². The number of carbonyl (C=O) groups is 1. The number of pyridine rings is 1. The van der Waals surface area contributed by atoms with Crippen LogP contribution in [0, 0.1) is 6.92 Å². The van der Waals surface area contributed by atoms with Gasteiger partial charge >= 0.3 is 0 Å². The number of benzene rings is 1. The van der Waals surface area contributed by atoms with Crippen molar-refractivity contribution in [2.45, 2.75) is 50.7 Å². The van der Waals surface area contributed by atoms with E-state index < -0.39 is 17.6 Å². The second-order valence-electron chi connectivity index (χ2n) is 10.3. The van der Waals surface area contributed by atoms with E-state index in [2.05, 4.69) is 30.7 Å². The molecular formula is C25H26F2N8O2. The van der Waals surface area contributed by atoms with E-state index >= 15 is 0 Å². The zero-order valence-electron chi connectivity index (χ0n) is 20.4. The lowest BCUT2D eigenvalue weighted by Crippen LogP contribution is -2.38. The van der Waals surface area contributed by atoms with E-state index in [0.29, 0.717) is 41.1 Å². The summed E-state index contributed by atoms with van der Waals surface area (Å²) < 4.78 is 28.1. The summed E-state index contributed by atoms with van der Waals surface area (Å²) in [5.74, 6) is -2.70. The van der Waals surface area contributed by atoms with Crippen molar-refractivity contribution < 1.29 is 18.7 Å². The maximum absolute atomic E-state index is 13.3. The van der Waals surface area contributed by atoms with Gasteiger partial charge in [0.2, 0.25) is 5.82 Å². The molecule has 192 valence electrons. The van der Waals surface area contributed by atoms with Crippen molar-refractivity contribution in [2.24, 2.45) is 0 Å². The summed E-state index contributed by atoms with van der Waals surface area (Å²) in [5, 5.41) is 29.8. The van der Waals surface area contributed by atoms with Crippen molar-refractivity contribution in [1.29, 1.82) is 0 Å². The molecule has 0 unspecified atom stereocenters. The Labute approximate surface area is 210 Å². The van der Waals surface area contributed by atoms with Crippen LogP contribution in [0.4, 0.5) is 20.2 Å². The predicted octanol–water partition coefficient (Wildman–Crippen LogP) is 3.48. The van der Waals surface area contributed by atoms with Gasteiger partial charge in [-0.3, -0.25) is 4.79 Å². The van der Waals surface area contributed by atoms with Crippen LogP contribution in [0.15, 0.2) is 42.7 Å². The summed E-state index contributed by atoms with van der Waals surface area (Å²) >= 11 is 0. The molecule has 0 radical (unpaired) electrons. The third-order valence-electron chi connectivity index (χ3n) is 7.13. The summed E-state index contributed by atoms with van der Waals surface area (Å²) in [5.41, 5.74) is 3.25. The second-order valence-corrected chi connectivity index (χ2v) is 10.3. The lowest BCUT2D eigenvalue weighted by Gasteiger charge is -2.33. The number of halogens is 2. The first-order valence-corrected chi connectivity index (χ1v) is 12.1. The number of anilines is 2. The molecule has 0 bridgehead atoms. The zero-order valence-corrected chi connectivity index (χ0v) is 20.4. The minimum atomic E-state index is -2.67. The molecule has 2 fully saturated rings. The van der Waals surface area contributed by atoms with Gasteiger partial charge in [0.15, 0.2) is 0 Å². The highest BCUT2D eigenvalue weighted by Crippen LogP contribution is 2.44. The van der Waals surface area contributed by atoms with Gasteiger partial charge in [0, 0.05) is 49.1 Å². The van der Waals surface area contributed by atoms with Crippen LogP contribution in [0.1, 0.15) is 48.1 Å². The number of β-amino-alcohol motifs (C(OH)–C–C–N with tert-alkyl or cyclic N) is 1. The summed E-state index contributed by atoms with van der Waals surface area (Å²) in [6, 6.07) is 8.73. The highest BCUT2D eigenvalue weighted by molar-refractivity contribution is 6.09. The molecule has 1 saturated heterocycles. The smallest absolute Gasteiger partial charge is 0.259 e. The maximum Gasteiger partial charge on any atom is 0.259 e. The number of tetrazole rings is 1. The molecule has 1 aromatic carbocycles. The Bertz CT molecular complexity index is 1500. The average molecular weight is 509 g/mol. The Hall–Kier alpha value is -3.93. The van der Waals surface area contributed by atoms with Crippen molar-refractivity contribution in [3.8, 4) is 11.4 Å². The van der Waals surface area contributed by atoms with Crippen molar-refractivity contribution in [3.63, 3.8) is 0 Å². The largest absolute Gasteiger partial charge is 0.388 e. The minimum absolute atomic E-state index is 0.295. The first-order chi connectivity index (χ1) is 17.6. The lowest BCUT2D eigenvalue weighted by molar-refractivity contribution is -0.110. The van der Waals surface area contributed by atoms with Gasteiger partial charge in [-0.15, -0.1) is 10.2 Å². The number of hydrogen-bond acceptors (Lipinski definition) is 7. The standard InChI is InChI=1S/C25H26F2N8O2/c1-15-3-4-16(22-30-32-35(31-22)18-11-25(26,27)12-18)9-20(15)29-23(36)19-13-28-34-7-5-17(10-21(19)34)33-8-6-24(2,37)14-33/h3-5,7,9-10,13,18,37H,6,8,11-12,14H2,1-2H3,(H,29,36)/t24-/m0/s1. The fourth-order valence-corrected chi connectivity index (χ4v) is 4.88. The van der Waals surface area contributed by atoms with E-state index in [-0.39, 0.29) is 18.7 Å². The molecule has 2 N–H and O–H groups in total. The number of nitrogens with zero attached hydrogens (tertiary/aromatic N) is 7. The minimum Gasteiger partial charge on any atom is -0.388 e. The molecule has 2 aliphatic rings. The highest BCUT2D eigenvalue weighted by Gasteiger charge is 2.47. The Morgan fingerprint density at radius 3 is 2.76 bits per heavy atom. The molecule has 1 aliphatic carbocycles. The van der Waals surface area contributed by atoms with Gasteiger partial charge in [-0.05, 0) is 49.2 Å². The van der Waals surface area contributed by atoms with Gasteiger partial charge in [-0.1, -0.05) is 12.1 Å². The van der Waals surface area contributed by atoms with E-state index in [1.54, 1.807) is 22.8 Å².